The molecule has 70 valence electrons. The first kappa shape index (κ1) is 10.9. The van der Waals surface area contributed by atoms with Crippen LogP contribution in [0.2, 0.25) is 0 Å². The van der Waals surface area contributed by atoms with Gasteiger partial charge in [0.1, 0.15) is 4.38 Å². The molecule has 1 rings (SSSR count). The summed E-state index contributed by atoms with van der Waals surface area (Å²) in [7, 11) is 0. The summed E-state index contributed by atoms with van der Waals surface area (Å²) >= 11 is 4.78. The van der Waals surface area contributed by atoms with E-state index in [0.29, 0.717) is 0 Å². The van der Waals surface area contributed by atoms with Crippen LogP contribution in [0.15, 0.2) is 33.8 Å². The fraction of sp³-hybridized carbons (Fsp3) is 0.250. The Balaban J connectivity index is 2.55. The molecule has 1 aromatic heterocycles. The van der Waals surface area contributed by atoms with E-state index in [9.17, 15) is 0 Å². The van der Waals surface area contributed by atoms with E-state index in [4.69, 9.17) is 0 Å². The van der Waals surface area contributed by atoms with Crippen LogP contribution in [-0.2, 0) is 0 Å². The SMILES string of the molecule is CSC(=NSc1cccnc1)SC. The molecule has 0 aliphatic carbocycles. The minimum Gasteiger partial charge on any atom is -0.263 e. The van der Waals surface area contributed by atoms with Gasteiger partial charge >= 0.3 is 0 Å². The standard InChI is InChI=1S/C8H10N2S3/c1-11-8(12-2)10-13-7-4-3-5-9-6-7/h3-6H,1-2H3. The molecule has 0 spiro atoms. The molecule has 2 nitrogen and oxygen atoms in total. The Morgan fingerprint density at radius 2 is 2.15 bits per heavy atom. The third kappa shape index (κ3) is 4.06. The molecule has 0 bridgehead atoms. The highest BCUT2D eigenvalue weighted by Crippen LogP contribution is 2.22. The summed E-state index contributed by atoms with van der Waals surface area (Å²) in [4.78, 5) is 5.08. The van der Waals surface area contributed by atoms with E-state index in [-0.39, 0.29) is 0 Å². The van der Waals surface area contributed by atoms with E-state index in [0.717, 1.165) is 9.27 Å². The normalized spacial score (nSPS) is 9.69. The zero-order valence-electron chi connectivity index (χ0n) is 7.43. The Hall–Kier alpha value is -0.130. The molecule has 0 fully saturated rings. The summed E-state index contributed by atoms with van der Waals surface area (Å²) in [5, 5.41) is 0. The van der Waals surface area contributed by atoms with Crippen molar-refractivity contribution in [2.45, 2.75) is 4.90 Å². The number of hydrogen-bond donors (Lipinski definition) is 0. The largest absolute Gasteiger partial charge is 0.263 e. The molecule has 0 unspecified atom stereocenters. The Kier molecular flexibility index (Phi) is 5.34. The predicted octanol–water partition coefficient (Wildman–Crippen LogP) is 3.17. The highest BCUT2D eigenvalue weighted by Gasteiger charge is 1.95. The number of thioether (sulfide) groups is 2. The molecule has 0 aliphatic heterocycles. The smallest absolute Gasteiger partial charge is 0.138 e. The first-order valence-corrected chi connectivity index (χ1v) is 6.82. The van der Waals surface area contributed by atoms with Crippen LogP contribution in [0.25, 0.3) is 0 Å². The van der Waals surface area contributed by atoms with Crippen molar-refractivity contribution >= 4 is 39.8 Å². The lowest BCUT2D eigenvalue weighted by Crippen LogP contribution is -1.79. The maximum Gasteiger partial charge on any atom is 0.138 e. The van der Waals surface area contributed by atoms with Crippen LogP contribution in [0.1, 0.15) is 0 Å². The number of nitrogens with zero attached hydrogens (tertiary/aromatic N) is 2. The van der Waals surface area contributed by atoms with Gasteiger partial charge in [-0.25, -0.2) is 0 Å². The number of hydrogen-bond acceptors (Lipinski definition) is 5. The van der Waals surface area contributed by atoms with Gasteiger partial charge in [-0.1, -0.05) is 0 Å². The first-order valence-electron chi connectivity index (χ1n) is 3.60. The molecule has 0 saturated carbocycles. The van der Waals surface area contributed by atoms with Crippen molar-refractivity contribution < 1.29 is 0 Å². The van der Waals surface area contributed by atoms with Crippen molar-refractivity contribution in [2.75, 3.05) is 12.5 Å². The van der Waals surface area contributed by atoms with Crippen molar-refractivity contribution in [3.63, 3.8) is 0 Å². The Labute approximate surface area is 91.1 Å². The molecular formula is C8H10N2S3. The summed E-state index contributed by atoms with van der Waals surface area (Å²) < 4.78 is 5.43. The van der Waals surface area contributed by atoms with E-state index in [2.05, 4.69) is 9.38 Å². The maximum absolute atomic E-state index is 4.35. The van der Waals surface area contributed by atoms with Crippen LogP contribution < -0.4 is 0 Å². The van der Waals surface area contributed by atoms with E-state index in [1.807, 2.05) is 30.8 Å². The quantitative estimate of drug-likeness (QED) is 0.443. The van der Waals surface area contributed by atoms with E-state index in [1.165, 1.54) is 11.9 Å². The van der Waals surface area contributed by atoms with Gasteiger partial charge in [0, 0.05) is 29.2 Å². The van der Waals surface area contributed by atoms with Crippen molar-refractivity contribution in [3.05, 3.63) is 24.5 Å². The van der Waals surface area contributed by atoms with Gasteiger partial charge in [0.05, 0.1) is 0 Å². The molecule has 5 heteroatoms. The maximum atomic E-state index is 4.35. The summed E-state index contributed by atoms with van der Waals surface area (Å²) in [5.41, 5.74) is 0. The Morgan fingerprint density at radius 3 is 2.69 bits per heavy atom. The molecule has 13 heavy (non-hydrogen) atoms. The van der Waals surface area contributed by atoms with E-state index >= 15 is 0 Å². The first-order chi connectivity index (χ1) is 6.36. The Bertz CT molecular complexity index is 268. The van der Waals surface area contributed by atoms with Gasteiger partial charge in [0.2, 0.25) is 0 Å². The lowest BCUT2D eigenvalue weighted by molar-refractivity contribution is 1.24. The van der Waals surface area contributed by atoms with Crippen LogP contribution in [-0.4, -0.2) is 21.9 Å². The second kappa shape index (κ2) is 6.34. The van der Waals surface area contributed by atoms with Crippen molar-refractivity contribution in [3.8, 4) is 0 Å². The summed E-state index contributed by atoms with van der Waals surface area (Å²) in [6, 6.07) is 3.91. The number of pyridine rings is 1. The zero-order valence-corrected chi connectivity index (χ0v) is 9.88. The zero-order chi connectivity index (χ0) is 9.52. The monoisotopic (exact) mass is 230 g/mol. The average molecular weight is 230 g/mol. The molecule has 1 aromatic rings. The minimum absolute atomic E-state index is 1.07. The third-order valence-corrected chi connectivity index (χ3v) is 4.05. The predicted molar refractivity (Wildman–Crippen MR) is 64.6 cm³/mol. The number of rotatable bonds is 2. The van der Waals surface area contributed by atoms with E-state index < -0.39 is 0 Å². The molecule has 0 N–H and O–H groups in total. The minimum atomic E-state index is 1.07. The topological polar surface area (TPSA) is 25.2 Å². The van der Waals surface area contributed by atoms with Crippen molar-refractivity contribution in [1.82, 2.24) is 4.98 Å². The average Bonchev–Trinajstić information content (AvgIpc) is 2.21. The van der Waals surface area contributed by atoms with E-state index in [1.54, 1.807) is 29.7 Å². The molecule has 0 aromatic carbocycles. The molecular weight excluding hydrogens is 220 g/mol. The van der Waals surface area contributed by atoms with Gasteiger partial charge in [0.15, 0.2) is 0 Å². The highest BCUT2D eigenvalue weighted by molar-refractivity contribution is 8.38. The second-order valence-corrected chi connectivity index (χ2v) is 4.73. The third-order valence-electron chi connectivity index (χ3n) is 1.21. The summed E-state index contributed by atoms with van der Waals surface area (Å²) in [5.74, 6) is 0. The lowest BCUT2D eigenvalue weighted by atomic mass is 10.5. The molecule has 0 saturated heterocycles. The lowest BCUT2D eigenvalue weighted by Gasteiger charge is -1.97. The van der Waals surface area contributed by atoms with Crippen LogP contribution in [0.4, 0.5) is 0 Å². The van der Waals surface area contributed by atoms with Gasteiger partial charge in [0.25, 0.3) is 0 Å². The molecule has 0 aliphatic rings. The fourth-order valence-electron chi connectivity index (χ4n) is 0.649. The summed E-state index contributed by atoms with van der Waals surface area (Å²) in [6.07, 6.45) is 7.63. The fourth-order valence-corrected chi connectivity index (χ4v) is 2.56. The van der Waals surface area contributed by atoms with Gasteiger partial charge in [-0.05, 0) is 24.6 Å². The van der Waals surface area contributed by atoms with Crippen LogP contribution >= 0.6 is 35.5 Å². The van der Waals surface area contributed by atoms with Crippen molar-refractivity contribution in [2.24, 2.45) is 4.40 Å². The van der Waals surface area contributed by atoms with Crippen LogP contribution in [0.3, 0.4) is 0 Å². The second-order valence-electron chi connectivity index (χ2n) is 2.05. The van der Waals surface area contributed by atoms with Crippen LogP contribution in [0, 0.1) is 0 Å². The van der Waals surface area contributed by atoms with Gasteiger partial charge in [-0.3, -0.25) is 4.98 Å². The molecule has 0 radical (unpaired) electrons. The Morgan fingerprint density at radius 1 is 1.38 bits per heavy atom. The van der Waals surface area contributed by atoms with Gasteiger partial charge in [-0.2, -0.15) is 4.40 Å². The van der Waals surface area contributed by atoms with Crippen LogP contribution in [0.5, 0.6) is 0 Å². The molecule has 0 amide bonds. The van der Waals surface area contributed by atoms with Gasteiger partial charge < -0.3 is 0 Å². The van der Waals surface area contributed by atoms with Crippen molar-refractivity contribution in [1.29, 1.82) is 0 Å². The summed E-state index contributed by atoms with van der Waals surface area (Å²) in [6.45, 7) is 0. The highest BCUT2D eigenvalue weighted by atomic mass is 32.2. The number of aromatic nitrogens is 1. The van der Waals surface area contributed by atoms with Gasteiger partial charge in [-0.15, -0.1) is 23.5 Å². The molecule has 1 heterocycles. The molecule has 0 atom stereocenters.